The Bertz CT molecular complexity index is 3200. The third-order valence-corrected chi connectivity index (χ3v) is 18.2. The van der Waals surface area contributed by atoms with Crippen molar-refractivity contribution in [3.05, 3.63) is 123 Å². The molecular formula is C48H70N12Na8O35P8+8. The van der Waals surface area contributed by atoms with Crippen LogP contribution in [0.4, 0.5) is 0 Å². The van der Waals surface area contributed by atoms with Crippen molar-refractivity contribution in [2.75, 3.05) is 76.5 Å². The molecule has 0 saturated carbocycles. The predicted octanol–water partition coefficient (Wildman–Crippen LogP) is -36.5. The molecule has 4 aromatic rings. The average Bonchev–Trinajstić information content (AvgIpc) is 0.831. The van der Waals surface area contributed by atoms with E-state index in [1.54, 1.807) is 31.2 Å². The Hall–Kier alpha value is 2.36. The van der Waals surface area contributed by atoms with Gasteiger partial charge in [-0.25, -0.2) is 97.9 Å². The van der Waals surface area contributed by atoms with Crippen LogP contribution in [0.3, 0.4) is 0 Å². The number of rotatable bonds is 37. The summed E-state index contributed by atoms with van der Waals surface area (Å²) in [4.78, 5) is 352. The molecule has 0 radical (unpaired) electrons. The molecule has 0 aromatic heterocycles. The molecule has 0 heterocycles. The number of hydrogen-bond donors (Lipinski definition) is 24. The zero-order valence-electron chi connectivity index (χ0n) is 60.9. The minimum absolute atomic E-state index is 0. The maximum atomic E-state index is 13.7. The molecule has 0 saturated heterocycles. The Morgan fingerprint density at radius 3 is 0.676 bits per heavy atom. The van der Waals surface area contributed by atoms with Crippen LogP contribution in [-0.4, -0.2) is 222 Å². The maximum Gasteiger partial charge on any atom is 1.00 e. The van der Waals surface area contributed by atoms with Crippen LogP contribution in [0.15, 0.2) is 78.9 Å². The number of aryl methyl sites for hydroxylation is 1. The molecule has 24 N–H and O–H groups in total. The summed E-state index contributed by atoms with van der Waals surface area (Å²) < 4.78 is 18.2. The third-order valence-electron chi connectivity index (χ3n) is 12.0. The summed E-state index contributed by atoms with van der Waals surface area (Å²) in [5, 5.41) is 0. The number of nitrogens with zero attached hydrogens (tertiary/aromatic N) is 4. The Morgan fingerprint density at radius 2 is 0.477 bits per heavy atom. The van der Waals surface area contributed by atoms with Crippen LogP contribution in [0.2, 0.25) is 0 Å². The minimum Gasteiger partial charge on any atom is -0.631 e. The molecule has 0 aliphatic carbocycles. The Labute approximate surface area is 812 Å². The Morgan fingerprint density at radius 1 is 0.288 bits per heavy atom. The summed E-state index contributed by atoms with van der Waals surface area (Å²) >= 11 is 0. The number of ether oxygens (including phenoxy) is 3. The van der Waals surface area contributed by atoms with Crippen LogP contribution >= 0.6 is 63.5 Å². The third kappa shape index (κ3) is 56.7. The summed E-state index contributed by atoms with van der Waals surface area (Å²) in [6.45, 7) is -4.29. The summed E-state index contributed by atoms with van der Waals surface area (Å²) in [6, 6.07) is 16.6. The van der Waals surface area contributed by atoms with Crippen molar-refractivity contribution >= 4 is 111 Å². The molecule has 0 aliphatic heterocycles. The fourth-order valence-corrected chi connectivity index (χ4v) is 14.9. The van der Waals surface area contributed by atoms with Gasteiger partial charge in [0.2, 0.25) is 63.5 Å². The van der Waals surface area contributed by atoms with Gasteiger partial charge < -0.3 is 53.4 Å². The molecule has 0 bridgehead atoms. The molecule has 4 rings (SSSR count). The SMILES string of the molecule is Cc1ccc(OCc2cc(OCc3cc(C(=O)NNC(=O)CN(C[P+]([O-])(O)O)C[P+]([O-])(O)O)cc(C(=O)NNC(=O)CN(C[P+]([O-])(O)O)C[P+]([O-])(O)O)c3)cc(OCc3cc(C(=O)NNC(=O)CN(C[P+]([O-])(O)O)C[P+]([O-])(O)O)cc(C(=O)NNC(=O)CN(C[P+]([O-])(O)O)C[P+]([O-])(O)O)c3)c2)cc1.[Na+].[Na+].[Na+].[Na+].[Na+].[Na+].[Na+].[Na+]. The number of hydrazine groups is 4. The van der Waals surface area contributed by atoms with Gasteiger partial charge in [0.25, 0.3) is 47.3 Å². The first kappa shape index (κ1) is 122. The van der Waals surface area contributed by atoms with Crippen molar-refractivity contribution in [2.24, 2.45) is 0 Å². The smallest absolute Gasteiger partial charge is 0.631 e. The van der Waals surface area contributed by atoms with E-state index in [1.807, 2.05) is 43.4 Å². The quantitative estimate of drug-likeness (QED) is 0.0113. The van der Waals surface area contributed by atoms with Gasteiger partial charge in [-0.3, -0.25) is 81.8 Å². The second-order valence-corrected chi connectivity index (χ2v) is 35.0. The van der Waals surface area contributed by atoms with Gasteiger partial charge in [0, 0.05) is 28.3 Å². The van der Waals surface area contributed by atoms with Crippen molar-refractivity contribution in [1.29, 1.82) is 0 Å². The minimum atomic E-state index is -5.06. The Kier molecular flexibility index (Phi) is 61.0. The van der Waals surface area contributed by atoms with Crippen molar-refractivity contribution in [3.8, 4) is 17.2 Å². The molecule has 4 aromatic carbocycles. The number of hydrogen-bond acceptors (Lipinski definition) is 39. The second kappa shape index (κ2) is 55.6. The van der Waals surface area contributed by atoms with E-state index < -0.39 is 223 Å². The maximum absolute atomic E-state index is 13.7. The van der Waals surface area contributed by atoms with E-state index >= 15 is 0 Å². The molecule has 0 unspecified atom stereocenters. The molecule has 572 valence electrons. The van der Waals surface area contributed by atoms with Gasteiger partial charge in [-0.1, -0.05) is 17.7 Å². The van der Waals surface area contributed by atoms with Crippen LogP contribution in [0.1, 0.15) is 63.7 Å². The standard InChI is InChI=1S/C48H70N12O35P8.8Na/c1-30-2-4-38(5-3-30)93-21-33-10-39(94-19-31-6-34(45(65)53-49-41(61)15-57(22-96(69,70)71)23-97(72,73)74)12-35(7-31)46(66)54-50-42(62)16-58(24-98(75,76)77)25-99(78,79)80)14-40(11-33)95-20-32-8-36(47(67)55-51-43(63)17-59(26-100(81,82)83)27-101(84,85)86)13-37(9-32)48(68)56-52-44(64)18-60(28-102(87,88)89)29-103(90,91)92;;;;;;;;/h2-14H,15-29H2,1H3,(H,49,61)(H,50,62)(H,51,63)(H,52,64)(H,53,65)(H,54,66)(H,55,67)(H,56,68)(H2,69,70,71)(H2,72,73,74)(H2,75,76,77)(H2,78,79,80)(H2,81,82,83)(H2,84,85,86)(H2,87,88,89)(H2,90,91,92);;;;;;;;/q;8*+1. The first-order chi connectivity index (χ1) is 47.1. The summed E-state index contributed by atoms with van der Waals surface area (Å²) in [5.74, 6) is -10.2. The van der Waals surface area contributed by atoms with Gasteiger partial charge in [0.1, 0.15) is 37.1 Å². The van der Waals surface area contributed by atoms with Crippen LogP contribution in [0, 0.1) is 6.92 Å². The Balaban J connectivity index is -0.00000468. The average molecular weight is 1810 g/mol. The van der Waals surface area contributed by atoms with E-state index in [0.717, 1.165) is 42.0 Å². The van der Waals surface area contributed by atoms with Gasteiger partial charge in [-0.15, -0.1) is 0 Å². The fraction of sp³-hybridized carbons (Fsp3) is 0.333. The zero-order chi connectivity index (χ0) is 77.9. The van der Waals surface area contributed by atoms with Crippen LogP contribution in [0.5, 0.6) is 17.2 Å². The van der Waals surface area contributed by atoms with Gasteiger partial charge in [0.15, 0.2) is 50.3 Å². The molecule has 0 aliphatic rings. The second-order valence-electron chi connectivity index (χ2n) is 22.1. The molecule has 63 heteroatoms. The van der Waals surface area contributed by atoms with E-state index in [0.29, 0.717) is 25.3 Å². The van der Waals surface area contributed by atoms with Crippen molar-refractivity contribution in [3.63, 3.8) is 0 Å². The summed E-state index contributed by atoms with van der Waals surface area (Å²) in [5.41, 5.74) is 13.9. The van der Waals surface area contributed by atoms with Crippen LogP contribution in [-0.2, 0) is 39.0 Å². The first-order valence-corrected chi connectivity index (χ1v) is 42.5. The van der Waals surface area contributed by atoms with Gasteiger partial charge in [-0.05, 0) is 84.3 Å². The van der Waals surface area contributed by atoms with Gasteiger partial charge in [0.05, 0.1) is 26.2 Å². The largest absolute Gasteiger partial charge is 1.00 e. The number of amides is 8. The summed E-state index contributed by atoms with van der Waals surface area (Å²) in [6.07, 6.45) is -10.7. The number of nitrogens with one attached hydrogen (secondary N) is 8. The van der Waals surface area contributed by atoms with E-state index in [2.05, 4.69) is 0 Å². The predicted molar refractivity (Wildman–Crippen MR) is 343 cm³/mol. The van der Waals surface area contributed by atoms with Crippen molar-refractivity contribution < 1.29 is 406 Å². The molecule has 111 heavy (non-hydrogen) atoms. The first-order valence-electron chi connectivity index (χ1n) is 28.1. The van der Waals surface area contributed by atoms with Crippen LogP contribution in [0.25, 0.3) is 0 Å². The van der Waals surface area contributed by atoms with Crippen LogP contribution < -0.4 is 333 Å². The fourth-order valence-electron chi connectivity index (χ4n) is 8.52. The zero-order valence-corrected chi connectivity index (χ0v) is 84.0. The van der Waals surface area contributed by atoms with Crippen molar-refractivity contribution in [1.82, 2.24) is 63.0 Å². The molecule has 0 atom stereocenters. The topological polar surface area (TPSA) is 782 Å². The monoisotopic (exact) mass is 1810 g/mol. The summed E-state index contributed by atoms with van der Waals surface area (Å²) in [7, 11) is -40.5. The van der Waals surface area contributed by atoms with E-state index in [-0.39, 0.29) is 271 Å². The number of benzene rings is 4. The normalized spacial score (nSPS) is 11.7. The van der Waals surface area contributed by atoms with Crippen molar-refractivity contribution in [2.45, 2.75) is 26.7 Å². The van der Waals surface area contributed by atoms with Gasteiger partial charge in [-0.2, -0.15) is 0 Å². The molecule has 0 spiro atoms. The number of carbonyl (C=O) groups excluding carboxylic acids is 8. The molecular weight excluding hydrogens is 1740 g/mol. The number of carbonyl (C=O) groups is 8. The van der Waals surface area contributed by atoms with E-state index in [4.69, 9.17) is 14.2 Å². The van der Waals surface area contributed by atoms with E-state index in [9.17, 15) is 156 Å². The molecule has 0 fully saturated rings. The molecule has 47 nitrogen and oxygen atoms in total. The van der Waals surface area contributed by atoms with E-state index in [1.165, 1.54) is 18.2 Å². The molecule has 8 amide bonds. The van der Waals surface area contributed by atoms with Gasteiger partial charge >= 0.3 is 236 Å².